The lowest BCUT2D eigenvalue weighted by Gasteiger charge is -2.14. The molecule has 0 saturated carbocycles. The van der Waals surface area contributed by atoms with Gasteiger partial charge in [-0.2, -0.15) is 0 Å². The molecular weight excluding hydrogens is 204 g/mol. The van der Waals surface area contributed by atoms with Gasteiger partial charge >= 0.3 is 6.03 Å². The van der Waals surface area contributed by atoms with Crippen LogP contribution < -0.4 is 10.2 Å². The van der Waals surface area contributed by atoms with Gasteiger partial charge in [-0.25, -0.2) is 4.79 Å². The molecule has 4 nitrogen and oxygen atoms in total. The molecule has 1 aliphatic heterocycles. The number of benzene rings is 1. The van der Waals surface area contributed by atoms with E-state index >= 15 is 0 Å². The van der Waals surface area contributed by atoms with Crippen molar-refractivity contribution < 1.29 is 9.59 Å². The van der Waals surface area contributed by atoms with Crippen LogP contribution in [0.5, 0.6) is 0 Å². The SMILES string of the molecule is CC(C)c1ccc(N2CC(=O)NC2=O)cc1. The maximum Gasteiger partial charge on any atom is 0.329 e. The van der Waals surface area contributed by atoms with E-state index in [1.54, 1.807) is 0 Å². The first-order valence-corrected chi connectivity index (χ1v) is 5.29. The second-order valence-corrected chi connectivity index (χ2v) is 4.19. The van der Waals surface area contributed by atoms with Gasteiger partial charge in [0, 0.05) is 5.69 Å². The van der Waals surface area contributed by atoms with E-state index < -0.39 is 0 Å². The molecule has 1 aromatic rings. The number of carbonyl (C=O) groups is 2. The summed E-state index contributed by atoms with van der Waals surface area (Å²) in [6.45, 7) is 4.34. The Morgan fingerprint density at radius 3 is 2.25 bits per heavy atom. The van der Waals surface area contributed by atoms with Gasteiger partial charge in [-0.05, 0) is 23.6 Å². The molecule has 3 amide bonds. The van der Waals surface area contributed by atoms with E-state index in [4.69, 9.17) is 0 Å². The summed E-state index contributed by atoms with van der Waals surface area (Å²) >= 11 is 0. The highest BCUT2D eigenvalue weighted by Gasteiger charge is 2.27. The molecule has 0 unspecified atom stereocenters. The van der Waals surface area contributed by atoms with Gasteiger partial charge in [0.2, 0.25) is 5.91 Å². The molecule has 1 saturated heterocycles. The van der Waals surface area contributed by atoms with Gasteiger partial charge < -0.3 is 0 Å². The first-order chi connectivity index (χ1) is 7.58. The fraction of sp³-hybridized carbons (Fsp3) is 0.333. The smallest absolute Gasteiger partial charge is 0.285 e. The molecule has 0 aliphatic carbocycles. The molecule has 16 heavy (non-hydrogen) atoms. The van der Waals surface area contributed by atoms with E-state index in [2.05, 4.69) is 19.2 Å². The highest BCUT2D eigenvalue weighted by Crippen LogP contribution is 2.21. The summed E-state index contributed by atoms with van der Waals surface area (Å²) in [5.74, 6) is 0.209. The van der Waals surface area contributed by atoms with Crippen LogP contribution in [0.25, 0.3) is 0 Å². The molecule has 84 valence electrons. The van der Waals surface area contributed by atoms with Crippen LogP contribution in [-0.4, -0.2) is 18.5 Å². The molecule has 1 N–H and O–H groups in total. The third kappa shape index (κ3) is 1.91. The standard InChI is InChI=1S/C12H14N2O2/c1-8(2)9-3-5-10(6-4-9)14-7-11(15)13-12(14)16/h3-6,8H,7H2,1-2H3,(H,13,15,16). The summed E-state index contributed by atoms with van der Waals surface area (Å²) in [6, 6.07) is 7.36. The number of hydrogen-bond donors (Lipinski definition) is 1. The molecule has 0 bridgehead atoms. The van der Waals surface area contributed by atoms with Gasteiger partial charge in [0.1, 0.15) is 6.54 Å². The Morgan fingerprint density at radius 1 is 1.19 bits per heavy atom. The topological polar surface area (TPSA) is 49.4 Å². The number of rotatable bonds is 2. The Kier molecular flexibility index (Phi) is 2.64. The highest BCUT2D eigenvalue weighted by molar-refractivity contribution is 6.12. The van der Waals surface area contributed by atoms with Crippen molar-refractivity contribution in [3.63, 3.8) is 0 Å². The van der Waals surface area contributed by atoms with Crippen LogP contribution in [0.1, 0.15) is 25.3 Å². The summed E-state index contributed by atoms with van der Waals surface area (Å²) in [7, 11) is 0. The van der Waals surface area contributed by atoms with Crippen LogP contribution in [0.3, 0.4) is 0 Å². The van der Waals surface area contributed by atoms with Gasteiger partial charge in [-0.15, -0.1) is 0 Å². The Labute approximate surface area is 94.2 Å². The summed E-state index contributed by atoms with van der Waals surface area (Å²) in [5, 5.41) is 2.25. The number of amides is 3. The van der Waals surface area contributed by atoms with Crippen molar-refractivity contribution in [2.24, 2.45) is 0 Å². The predicted molar refractivity (Wildman–Crippen MR) is 61.4 cm³/mol. The number of hydrogen-bond acceptors (Lipinski definition) is 2. The van der Waals surface area contributed by atoms with Gasteiger partial charge in [-0.3, -0.25) is 15.0 Å². The zero-order chi connectivity index (χ0) is 11.7. The third-order valence-electron chi connectivity index (χ3n) is 2.66. The van der Waals surface area contributed by atoms with Crippen LogP contribution >= 0.6 is 0 Å². The lowest BCUT2D eigenvalue weighted by molar-refractivity contribution is -0.117. The Bertz CT molecular complexity index is 423. The van der Waals surface area contributed by atoms with Crippen molar-refractivity contribution >= 4 is 17.6 Å². The molecule has 0 aromatic heterocycles. The lowest BCUT2D eigenvalue weighted by atomic mass is 10.0. The van der Waals surface area contributed by atoms with E-state index in [0.717, 1.165) is 5.69 Å². The van der Waals surface area contributed by atoms with Crippen molar-refractivity contribution in [3.05, 3.63) is 29.8 Å². The second-order valence-electron chi connectivity index (χ2n) is 4.19. The largest absolute Gasteiger partial charge is 0.329 e. The average molecular weight is 218 g/mol. The van der Waals surface area contributed by atoms with Gasteiger partial charge in [0.15, 0.2) is 0 Å². The molecule has 2 rings (SSSR count). The van der Waals surface area contributed by atoms with E-state index in [-0.39, 0.29) is 18.5 Å². The summed E-state index contributed by atoms with van der Waals surface area (Å²) in [6.07, 6.45) is 0. The molecule has 1 fully saturated rings. The predicted octanol–water partition coefficient (Wildman–Crippen LogP) is 1.87. The number of carbonyl (C=O) groups excluding carboxylic acids is 2. The van der Waals surface area contributed by atoms with Crippen molar-refractivity contribution in [3.8, 4) is 0 Å². The van der Waals surface area contributed by atoms with Gasteiger partial charge in [0.05, 0.1) is 0 Å². The van der Waals surface area contributed by atoms with Gasteiger partial charge in [-0.1, -0.05) is 26.0 Å². The Hall–Kier alpha value is -1.84. The number of nitrogens with zero attached hydrogens (tertiary/aromatic N) is 1. The lowest BCUT2D eigenvalue weighted by Crippen LogP contribution is -2.27. The number of imide groups is 1. The monoisotopic (exact) mass is 218 g/mol. The molecule has 1 aliphatic rings. The number of anilines is 1. The van der Waals surface area contributed by atoms with Crippen LogP contribution in [-0.2, 0) is 4.79 Å². The van der Waals surface area contributed by atoms with Crippen LogP contribution in [0.15, 0.2) is 24.3 Å². The highest BCUT2D eigenvalue weighted by atomic mass is 16.2. The van der Waals surface area contributed by atoms with Crippen molar-refractivity contribution in [2.45, 2.75) is 19.8 Å². The Morgan fingerprint density at radius 2 is 1.81 bits per heavy atom. The maximum absolute atomic E-state index is 11.4. The molecule has 4 heteroatoms. The minimum absolute atomic E-state index is 0.111. The zero-order valence-electron chi connectivity index (χ0n) is 9.36. The molecule has 0 radical (unpaired) electrons. The minimum Gasteiger partial charge on any atom is -0.285 e. The van der Waals surface area contributed by atoms with Crippen LogP contribution in [0.4, 0.5) is 10.5 Å². The molecule has 1 aromatic carbocycles. The zero-order valence-corrected chi connectivity index (χ0v) is 9.36. The van der Waals surface area contributed by atoms with E-state index in [1.807, 2.05) is 24.3 Å². The maximum atomic E-state index is 11.4. The molecule has 0 atom stereocenters. The fourth-order valence-corrected chi connectivity index (χ4v) is 1.69. The van der Waals surface area contributed by atoms with Gasteiger partial charge in [0.25, 0.3) is 0 Å². The normalized spacial score (nSPS) is 15.8. The van der Waals surface area contributed by atoms with Crippen molar-refractivity contribution in [1.29, 1.82) is 0 Å². The quantitative estimate of drug-likeness (QED) is 0.770. The van der Waals surface area contributed by atoms with Crippen LogP contribution in [0, 0.1) is 0 Å². The van der Waals surface area contributed by atoms with Crippen molar-refractivity contribution in [2.75, 3.05) is 11.4 Å². The molecular formula is C12H14N2O2. The third-order valence-corrected chi connectivity index (χ3v) is 2.66. The fourth-order valence-electron chi connectivity index (χ4n) is 1.69. The molecule has 1 heterocycles. The summed E-state index contributed by atoms with van der Waals surface area (Å²) < 4.78 is 0. The van der Waals surface area contributed by atoms with Crippen LogP contribution in [0.2, 0.25) is 0 Å². The van der Waals surface area contributed by atoms with Crippen molar-refractivity contribution in [1.82, 2.24) is 5.32 Å². The first kappa shape index (κ1) is 10.7. The van der Waals surface area contributed by atoms with E-state index in [9.17, 15) is 9.59 Å². The van der Waals surface area contributed by atoms with E-state index in [0.29, 0.717) is 5.92 Å². The average Bonchev–Trinajstić information content (AvgIpc) is 2.58. The number of urea groups is 1. The summed E-state index contributed by atoms with van der Waals surface area (Å²) in [4.78, 5) is 23.9. The second kappa shape index (κ2) is 3.96. The Balaban J connectivity index is 2.22. The minimum atomic E-state index is -0.345. The number of nitrogens with one attached hydrogen (secondary N) is 1. The molecule has 0 spiro atoms. The first-order valence-electron chi connectivity index (χ1n) is 5.29. The van der Waals surface area contributed by atoms with E-state index in [1.165, 1.54) is 10.5 Å². The summed E-state index contributed by atoms with van der Waals surface area (Å²) in [5.41, 5.74) is 1.97.